The van der Waals surface area contributed by atoms with Gasteiger partial charge in [0.1, 0.15) is 5.75 Å². The van der Waals surface area contributed by atoms with Crippen LogP contribution in [0.4, 0.5) is 0 Å². The molecule has 0 amide bonds. The van der Waals surface area contributed by atoms with Crippen LogP contribution < -0.4 is 4.74 Å². The van der Waals surface area contributed by atoms with Crippen molar-refractivity contribution in [3.05, 3.63) is 27.2 Å². The van der Waals surface area contributed by atoms with Crippen LogP contribution in [0, 0.1) is 19.8 Å². The molecular formula is C17H27BrO2. The topological polar surface area (TPSA) is 29.5 Å². The predicted octanol–water partition coefficient (Wildman–Crippen LogP) is 5.32. The average Bonchev–Trinajstić information content (AvgIpc) is 2.43. The second-order valence-electron chi connectivity index (χ2n) is 5.50. The molecule has 2 atom stereocenters. The number of ether oxygens (including phenoxy) is 1. The van der Waals surface area contributed by atoms with E-state index in [1.54, 1.807) is 7.11 Å². The average molecular weight is 343 g/mol. The molecule has 1 aromatic carbocycles. The highest BCUT2D eigenvalue weighted by Gasteiger charge is 2.26. The van der Waals surface area contributed by atoms with Crippen molar-refractivity contribution in [2.75, 3.05) is 7.11 Å². The Morgan fingerprint density at radius 2 is 1.95 bits per heavy atom. The summed E-state index contributed by atoms with van der Waals surface area (Å²) in [6.07, 6.45) is 3.90. The van der Waals surface area contributed by atoms with Crippen LogP contribution in [0.25, 0.3) is 0 Å². The largest absolute Gasteiger partial charge is 0.496 e. The fourth-order valence-corrected chi connectivity index (χ4v) is 3.35. The van der Waals surface area contributed by atoms with Gasteiger partial charge >= 0.3 is 0 Å². The van der Waals surface area contributed by atoms with E-state index in [1.807, 2.05) is 13.8 Å². The van der Waals surface area contributed by atoms with Crippen LogP contribution in [0.5, 0.6) is 5.75 Å². The molecule has 0 radical (unpaired) electrons. The van der Waals surface area contributed by atoms with Crippen molar-refractivity contribution in [2.45, 2.75) is 59.5 Å². The molecule has 0 spiro atoms. The van der Waals surface area contributed by atoms with E-state index >= 15 is 0 Å². The van der Waals surface area contributed by atoms with Crippen LogP contribution in [-0.2, 0) is 0 Å². The summed E-state index contributed by atoms with van der Waals surface area (Å²) in [6, 6.07) is 2.05. The molecule has 0 bridgehead atoms. The first-order chi connectivity index (χ1) is 9.47. The third-order valence-corrected chi connectivity index (χ3v) is 4.93. The highest BCUT2D eigenvalue weighted by molar-refractivity contribution is 9.10. The summed E-state index contributed by atoms with van der Waals surface area (Å²) in [6.45, 7) is 8.40. The Balaban J connectivity index is 3.22. The monoisotopic (exact) mass is 342 g/mol. The van der Waals surface area contributed by atoms with E-state index in [9.17, 15) is 5.11 Å². The maximum atomic E-state index is 10.8. The number of methoxy groups -OCH3 is 1. The second kappa shape index (κ2) is 8.04. The molecule has 114 valence electrons. The van der Waals surface area contributed by atoms with Gasteiger partial charge in [-0.15, -0.1) is 0 Å². The molecule has 20 heavy (non-hydrogen) atoms. The number of aryl methyl sites for hydroxylation is 1. The molecule has 0 aliphatic rings. The lowest BCUT2D eigenvalue weighted by Crippen LogP contribution is -2.15. The third kappa shape index (κ3) is 3.76. The third-order valence-electron chi connectivity index (χ3n) is 4.11. The second-order valence-corrected chi connectivity index (χ2v) is 6.36. The van der Waals surface area contributed by atoms with Gasteiger partial charge in [-0.3, -0.25) is 0 Å². The van der Waals surface area contributed by atoms with E-state index in [2.05, 4.69) is 35.8 Å². The standard InChI is InChI=1S/C17H27BrO2/c1-6-8-9-13(7-2)16(19)15-12(4)14(18)10-11(3)17(15)20-5/h10,13,16,19H,6-9H2,1-5H3. The Kier molecular flexibility index (Phi) is 7.04. The number of hydrogen-bond donors (Lipinski definition) is 1. The molecule has 0 aliphatic heterocycles. The lowest BCUT2D eigenvalue weighted by molar-refractivity contribution is 0.0954. The van der Waals surface area contributed by atoms with Gasteiger partial charge in [0.05, 0.1) is 13.2 Å². The summed E-state index contributed by atoms with van der Waals surface area (Å²) in [4.78, 5) is 0. The van der Waals surface area contributed by atoms with Crippen molar-refractivity contribution in [1.82, 2.24) is 0 Å². The van der Waals surface area contributed by atoms with E-state index in [0.717, 1.165) is 52.6 Å². The first kappa shape index (κ1) is 17.5. The Morgan fingerprint density at radius 1 is 1.30 bits per heavy atom. The van der Waals surface area contributed by atoms with Gasteiger partial charge in [-0.05, 0) is 43.4 Å². The zero-order valence-electron chi connectivity index (χ0n) is 13.3. The summed E-state index contributed by atoms with van der Waals surface area (Å²) in [5, 5.41) is 10.8. The van der Waals surface area contributed by atoms with E-state index in [0.29, 0.717) is 0 Å². The fraction of sp³-hybridized carbons (Fsp3) is 0.647. The van der Waals surface area contributed by atoms with Gasteiger partial charge in [0, 0.05) is 10.0 Å². The first-order valence-electron chi connectivity index (χ1n) is 7.49. The minimum Gasteiger partial charge on any atom is -0.496 e. The summed E-state index contributed by atoms with van der Waals surface area (Å²) < 4.78 is 6.59. The van der Waals surface area contributed by atoms with Crippen molar-refractivity contribution in [3.8, 4) is 5.75 Å². The molecule has 1 N–H and O–H groups in total. The Labute approximate surface area is 131 Å². The number of benzene rings is 1. The van der Waals surface area contributed by atoms with Gasteiger partial charge in [-0.25, -0.2) is 0 Å². The smallest absolute Gasteiger partial charge is 0.127 e. The van der Waals surface area contributed by atoms with Crippen molar-refractivity contribution >= 4 is 15.9 Å². The van der Waals surface area contributed by atoms with Crippen LogP contribution in [0.2, 0.25) is 0 Å². The zero-order chi connectivity index (χ0) is 15.3. The number of unbranched alkanes of at least 4 members (excludes halogenated alkanes) is 1. The molecule has 0 aliphatic carbocycles. The summed E-state index contributed by atoms with van der Waals surface area (Å²) in [5.41, 5.74) is 3.08. The van der Waals surface area contributed by atoms with Crippen molar-refractivity contribution in [3.63, 3.8) is 0 Å². The summed E-state index contributed by atoms with van der Waals surface area (Å²) >= 11 is 3.59. The summed E-state index contributed by atoms with van der Waals surface area (Å²) in [7, 11) is 1.68. The lowest BCUT2D eigenvalue weighted by Gasteiger charge is -2.26. The van der Waals surface area contributed by atoms with E-state index < -0.39 is 6.10 Å². The molecule has 2 unspecified atom stereocenters. The highest BCUT2D eigenvalue weighted by atomic mass is 79.9. The molecule has 0 saturated heterocycles. The molecular weight excluding hydrogens is 316 g/mol. The highest BCUT2D eigenvalue weighted by Crippen LogP contribution is 2.40. The molecule has 1 aromatic rings. The van der Waals surface area contributed by atoms with Gasteiger partial charge in [-0.1, -0.05) is 49.0 Å². The predicted molar refractivity (Wildman–Crippen MR) is 88.4 cm³/mol. The van der Waals surface area contributed by atoms with E-state index in [-0.39, 0.29) is 5.92 Å². The molecule has 0 heterocycles. The molecule has 3 heteroatoms. The maximum absolute atomic E-state index is 10.8. The quantitative estimate of drug-likeness (QED) is 0.726. The van der Waals surface area contributed by atoms with Crippen LogP contribution >= 0.6 is 15.9 Å². The van der Waals surface area contributed by atoms with Crippen molar-refractivity contribution in [1.29, 1.82) is 0 Å². The SMILES string of the molecule is CCCCC(CC)C(O)c1c(C)c(Br)cc(C)c1OC. The fourth-order valence-electron chi connectivity index (χ4n) is 2.79. The number of rotatable bonds is 7. The minimum atomic E-state index is -0.460. The van der Waals surface area contributed by atoms with Crippen LogP contribution in [0.3, 0.4) is 0 Å². The van der Waals surface area contributed by atoms with Crippen LogP contribution in [-0.4, -0.2) is 12.2 Å². The number of halogens is 1. The molecule has 0 aromatic heterocycles. The van der Waals surface area contributed by atoms with Crippen LogP contribution in [0.1, 0.15) is 62.3 Å². The van der Waals surface area contributed by atoms with Crippen molar-refractivity contribution in [2.24, 2.45) is 5.92 Å². The minimum absolute atomic E-state index is 0.288. The maximum Gasteiger partial charge on any atom is 0.127 e. The van der Waals surface area contributed by atoms with Gasteiger partial charge in [-0.2, -0.15) is 0 Å². The van der Waals surface area contributed by atoms with Gasteiger partial charge in [0.25, 0.3) is 0 Å². The number of hydrogen-bond acceptors (Lipinski definition) is 2. The van der Waals surface area contributed by atoms with E-state index in [1.165, 1.54) is 0 Å². The Hall–Kier alpha value is -0.540. The zero-order valence-corrected chi connectivity index (χ0v) is 14.9. The van der Waals surface area contributed by atoms with Gasteiger partial charge in [0.15, 0.2) is 0 Å². The summed E-state index contributed by atoms with van der Waals surface area (Å²) in [5.74, 6) is 1.12. The molecule has 2 nitrogen and oxygen atoms in total. The normalized spacial score (nSPS) is 14.2. The van der Waals surface area contributed by atoms with Crippen LogP contribution in [0.15, 0.2) is 10.5 Å². The van der Waals surface area contributed by atoms with E-state index in [4.69, 9.17) is 4.74 Å². The molecule has 0 fully saturated rings. The lowest BCUT2D eigenvalue weighted by atomic mass is 9.86. The Morgan fingerprint density at radius 3 is 2.45 bits per heavy atom. The van der Waals surface area contributed by atoms with Gasteiger partial charge < -0.3 is 9.84 Å². The van der Waals surface area contributed by atoms with Gasteiger partial charge in [0.2, 0.25) is 0 Å². The Bertz CT molecular complexity index is 443. The first-order valence-corrected chi connectivity index (χ1v) is 8.28. The molecule has 0 saturated carbocycles. The van der Waals surface area contributed by atoms with Crippen molar-refractivity contribution < 1.29 is 9.84 Å². The number of aliphatic hydroxyl groups is 1. The molecule has 1 rings (SSSR count). The number of aliphatic hydroxyl groups excluding tert-OH is 1.